The molecule has 0 aliphatic heterocycles. The summed E-state index contributed by atoms with van der Waals surface area (Å²) < 4.78 is 72.0. The number of ether oxygens (including phenoxy) is 1. The molecule has 0 bridgehead atoms. The van der Waals surface area contributed by atoms with E-state index in [2.05, 4.69) is 0 Å². The first-order chi connectivity index (χ1) is 11.2. The number of carbonyl (C=O) groups excluding carboxylic acids is 3. The van der Waals surface area contributed by atoms with Crippen LogP contribution in [0.5, 0.6) is 5.75 Å². The van der Waals surface area contributed by atoms with E-state index in [1.165, 1.54) is 0 Å². The van der Waals surface area contributed by atoms with Crippen molar-refractivity contribution in [1.29, 1.82) is 0 Å². The van der Waals surface area contributed by atoms with E-state index < -0.39 is 23.9 Å². The minimum absolute atomic E-state index is 0.115. The lowest BCUT2D eigenvalue weighted by molar-refractivity contribution is -0.193. The molecule has 140 valence electrons. The summed E-state index contributed by atoms with van der Waals surface area (Å²) in [5.74, 6) is -6.63. The van der Waals surface area contributed by atoms with Crippen molar-refractivity contribution in [2.24, 2.45) is 5.92 Å². The highest BCUT2D eigenvalue weighted by atomic mass is 35.5. The van der Waals surface area contributed by atoms with Gasteiger partial charge in [0.05, 0.1) is 5.92 Å². The van der Waals surface area contributed by atoms with Crippen LogP contribution < -0.4 is 4.74 Å². The van der Waals surface area contributed by atoms with Gasteiger partial charge in [0.1, 0.15) is 5.75 Å². The average Bonchev–Trinajstić information content (AvgIpc) is 2.46. The van der Waals surface area contributed by atoms with E-state index >= 15 is 0 Å². The zero-order chi connectivity index (χ0) is 20.0. The SMILES string of the molecule is CC(C)C(=O)Oc1ccc(Cl)cc1.O=C(C(=O)C(F)(F)F)C(F)(F)F. The summed E-state index contributed by atoms with van der Waals surface area (Å²) >= 11 is 5.67. The van der Waals surface area contributed by atoms with E-state index in [-0.39, 0.29) is 11.9 Å². The zero-order valence-corrected chi connectivity index (χ0v) is 13.4. The lowest BCUT2D eigenvalue weighted by Crippen LogP contribution is -2.39. The molecule has 25 heavy (non-hydrogen) atoms. The van der Waals surface area contributed by atoms with Crippen LogP contribution in [-0.2, 0) is 14.4 Å². The summed E-state index contributed by atoms with van der Waals surface area (Å²) in [7, 11) is 0. The quantitative estimate of drug-likeness (QED) is 0.335. The molecule has 0 unspecified atom stereocenters. The van der Waals surface area contributed by atoms with E-state index in [1.54, 1.807) is 38.1 Å². The second-order valence-corrected chi connectivity index (χ2v) is 5.12. The summed E-state index contributed by atoms with van der Waals surface area (Å²) in [6.45, 7) is 3.58. The van der Waals surface area contributed by atoms with Crippen LogP contribution in [0.1, 0.15) is 13.8 Å². The van der Waals surface area contributed by atoms with Gasteiger partial charge in [0.25, 0.3) is 0 Å². The fourth-order valence-electron chi connectivity index (χ4n) is 0.994. The number of esters is 1. The number of ketones is 2. The Morgan fingerprint density at radius 3 is 1.52 bits per heavy atom. The monoisotopic (exact) mass is 392 g/mol. The van der Waals surface area contributed by atoms with Gasteiger partial charge >= 0.3 is 29.9 Å². The van der Waals surface area contributed by atoms with E-state index in [1.807, 2.05) is 0 Å². The Morgan fingerprint density at radius 2 is 1.24 bits per heavy atom. The molecular formula is C14H11ClF6O4. The molecule has 0 aliphatic carbocycles. The number of hydrogen-bond donors (Lipinski definition) is 0. The Hall–Kier alpha value is -2.10. The zero-order valence-electron chi connectivity index (χ0n) is 12.7. The summed E-state index contributed by atoms with van der Waals surface area (Å²) in [4.78, 5) is 30.4. The summed E-state index contributed by atoms with van der Waals surface area (Å²) in [6, 6.07) is 6.71. The third kappa shape index (κ3) is 8.52. The van der Waals surface area contributed by atoms with Gasteiger partial charge in [0, 0.05) is 5.02 Å². The second-order valence-electron chi connectivity index (χ2n) is 4.68. The average molecular weight is 393 g/mol. The molecule has 0 saturated heterocycles. The van der Waals surface area contributed by atoms with Crippen LogP contribution in [0.2, 0.25) is 5.02 Å². The first kappa shape index (κ1) is 22.9. The molecule has 4 nitrogen and oxygen atoms in total. The first-order valence-corrected chi connectivity index (χ1v) is 6.74. The molecule has 0 aliphatic rings. The molecule has 0 amide bonds. The Bertz CT molecular complexity index is 596. The van der Waals surface area contributed by atoms with Crippen LogP contribution in [0.15, 0.2) is 24.3 Å². The number of alkyl halides is 6. The molecule has 0 aromatic heterocycles. The summed E-state index contributed by atoms with van der Waals surface area (Å²) in [5.41, 5.74) is 0. The summed E-state index contributed by atoms with van der Waals surface area (Å²) in [5, 5.41) is 0.629. The van der Waals surface area contributed by atoms with Gasteiger partial charge in [0.2, 0.25) is 0 Å². The molecule has 1 rings (SSSR count). The van der Waals surface area contributed by atoms with Crippen LogP contribution in [0.25, 0.3) is 0 Å². The molecule has 0 atom stereocenters. The van der Waals surface area contributed by atoms with Gasteiger partial charge in [-0.05, 0) is 24.3 Å². The second kappa shape index (κ2) is 8.84. The highest BCUT2D eigenvalue weighted by Gasteiger charge is 2.54. The maximum atomic E-state index is 11.2. The highest BCUT2D eigenvalue weighted by molar-refractivity contribution is 6.41. The molecule has 1 aromatic carbocycles. The predicted molar refractivity (Wildman–Crippen MR) is 74.0 cm³/mol. The van der Waals surface area contributed by atoms with Crippen LogP contribution in [0.4, 0.5) is 26.3 Å². The number of hydrogen-bond acceptors (Lipinski definition) is 4. The Morgan fingerprint density at radius 1 is 0.880 bits per heavy atom. The Balaban J connectivity index is 0.000000463. The largest absolute Gasteiger partial charge is 0.458 e. The van der Waals surface area contributed by atoms with Crippen LogP contribution in [0.3, 0.4) is 0 Å². The standard InChI is InChI=1S/C10H11ClO2.C4F6O2/c1-7(2)10(12)13-9-5-3-8(11)4-6-9;5-3(6,7)1(11)2(12)4(8,9)10/h3-7H,1-2H3;. The van der Waals surface area contributed by atoms with Gasteiger partial charge in [-0.15, -0.1) is 0 Å². The van der Waals surface area contributed by atoms with Gasteiger partial charge in [-0.1, -0.05) is 25.4 Å². The lowest BCUT2D eigenvalue weighted by Gasteiger charge is -2.05. The molecule has 0 fully saturated rings. The molecule has 0 radical (unpaired) electrons. The van der Waals surface area contributed by atoms with Gasteiger partial charge in [0.15, 0.2) is 0 Å². The van der Waals surface area contributed by atoms with E-state index in [9.17, 15) is 40.7 Å². The Labute approximate surface area is 142 Å². The first-order valence-electron chi connectivity index (χ1n) is 6.36. The number of Topliss-reactive ketones (excluding diaryl/α,β-unsaturated/α-hetero) is 2. The minimum atomic E-state index is -5.77. The fraction of sp³-hybridized carbons (Fsp3) is 0.357. The maximum Gasteiger partial charge on any atom is 0.458 e. The van der Waals surface area contributed by atoms with E-state index in [0.29, 0.717) is 10.8 Å². The smallest absolute Gasteiger partial charge is 0.426 e. The number of rotatable bonds is 3. The lowest BCUT2D eigenvalue weighted by atomic mass is 10.2. The van der Waals surface area contributed by atoms with Crippen molar-refractivity contribution in [3.8, 4) is 5.75 Å². The number of halogens is 7. The van der Waals surface area contributed by atoms with Crippen LogP contribution in [-0.4, -0.2) is 29.9 Å². The van der Waals surface area contributed by atoms with Crippen molar-refractivity contribution < 1.29 is 45.5 Å². The van der Waals surface area contributed by atoms with E-state index in [0.717, 1.165) is 0 Å². The molecule has 1 aromatic rings. The van der Waals surface area contributed by atoms with Crippen molar-refractivity contribution in [1.82, 2.24) is 0 Å². The van der Waals surface area contributed by atoms with Crippen molar-refractivity contribution in [3.63, 3.8) is 0 Å². The minimum Gasteiger partial charge on any atom is -0.426 e. The van der Waals surface area contributed by atoms with Gasteiger partial charge < -0.3 is 4.74 Å². The Kier molecular flexibility index (Phi) is 8.10. The normalized spacial score (nSPS) is 11.4. The maximum absolute atomic E-state index is 11.2. The molecule has 0 N–H and O–H groups in total. The predicted octanol–water partition coefficient (Wildman–Crippen LogP) is 4.15. The van der Waals surface area contributed by atoms with Gasteiger partial charge in [-0.25, -0.2) is 0 Å². The van der Waals surface area contributed by atoms with E-state index in [4.69, 9.17) is 16.3 Å². The van der Waals surface area contributed by atoms with Gasteiger partial charge in [-0.2, -0.15) is 26.3 Å². The van der Waals surface area contributed by atoms with Crippen molar-refractivity contribution >= 4 is 29.1 Å². The topological polar surface area (TPSA) is 60.4 Å². The summed E-state index contributed by atoms with van der Waals surface area (Å²) in [6.07, 6.45) is -11.5. The molecular weight excluding hydrogens is 382 g/mol. The van der Waals surface area contributed by atoms with Gasteiger partial charge in [-0.3, -0.25) is 14.4 Å². The number of carbonyl (C=O) groups is 3. The third-order valence-corrected chi connectivity index (χ3v) is 2.48. The van der Waals surface area contributed by atoms with Crippen molar-refractivity contribution in [2.45, 2.75) is 26.2 Å². The fourth-order valence-corrected chi connectivity index (χ4v) is 1.12. The molecule has 0 saturated carbocycles. The van der Waals surface area contributed by atoms with Crippen LogP contribution in [0, 0.1) is 5.92 Å². The number of benzene rings is 1. The molecule has 0 heterocycles. The molecule has 11 heteroatoms. The third-order valence-electron chi connectivity index (χ3n) is 2.22. The highest BCUT2D eigenvalue weighted by Crippen LogP contribution is 2.24. The van der Waals surface area contributed by atoms with Crippen molar-refractivity contribution in [3.05, 3.63) is 29.3 Å². The van der Waals surface area contributed by atoms with Crippen LogP contribution >= 0.6 is 11.6 Å². The molecule has 0 spiro atoms. The van der Waals surface area contributed by atoms with Crippen molar-refractivity contribution in [2.75, 3.05) is 0 Å².